The topological polar surface area (TPSA) is 113 Å². The fraction of sp³-hybridized carbons (Fsp3) is 0.667. The molecular formula is C21H33N5O3S. The zero-order valence-corrected chi connectivity index (χ0v) is 18.3. The molecule has 2 saturated heterocycles. The van der Waals surface area contributed by atoms with Gasteiger partial charge in [0.1, 0.15) is 0 Å². The number of rotatable bonds is 7. The van der Waals surface area contributed by atoms with Crippen molar-refractivity contribution in [3.05, 3.63) is 41.4 Å². The maximum Gasteiger partial charge on any atom is 0.209 e. The number of primary sulfonamides is 1. The Morgan fingerprint density at radius 3 is 2.77 bits per heavy atom. The van der Waals surface area contributed by atoms with Gasteiger partial charge in [-0.05, 0) is 44.8 Å². The molecule has 1 aromatic rings. The normalized spacial score (nSPS) is 26.0. The minimum absolute atomic E-state index is 0.000273. The van der Waals surface area contributed by atoms with Crippen LogP contribution < -0.4 is 10.5 Å². The molecule has 0 radical (unpaired) electrons. The molecule has 0 spiro atoms. The Labute approximate surface area is 179 Å². The standard InChI is InChI=1S/C21H33N5O3S/c22-30(27,28)14-2-7-21(6-1-3-18(15-21)26-10-12-29-13-11-26)19-16-24-25-20(19)17-4-8-23-9-5-17/h1,3,6,16-17,23H,2,4-5,7-15H2,(H,24,25)(H2,22,27,28). The molecule has 1 atom stereocenters. The van der Waals surface area contributed by atoms with Crippen LogP contribution in [-0.4, -0.2) is 68.7 Å². The number of nitrogens with one attached hydrogen (secondary N) is 2. The third kappa shape index (κ3) is 4.96. The lowest BCUT2D eigenvalue weighted by Crippen LogP contribution is -2.39. The third-order valence-corrected chi connectivity index (χ3v) is 7.46. The highest BCUT2D eigenvalue weighted by molar-refractivity contribution is 7.89. The Kier molecular flexibility index (Phi) is 6.62. The Hall–Kier alpha value is -1.68. The number of nitrogens with two attached hydrogens (primary N) is 1. The molecule has 8 nitrogen and oxygen atoms in total. The Balaban J connectivity index is 1.63. The molecule has 4 N–H and O–H groups in total. The van der Waals surface area contributed by atoms with Gasteiger partial charge in [0.2, 0.25) is 10.0 Å². The van der Waals surface area contributed by atoms with Crippen LogP contribution >= 0.6 is 0 Å². The highest BCUT2D eigenvalue weighted by atomic mass is 32.2. The number of piperidine rings is 1. The van der Waals surface area contributed by atoms with Gasteiger partial charge in [0.25, 0.3) is 0 Å². The summed E-state index contributed by atoms with van der Waals surface area (Å²) in [4.78, 5) is 2.39. The quantitative estimate of drug-likeness (QED) is 0.596. The predicted octanol–water partition coefficient (Wildman–Crippen LogP) is 1.36. The van der Waals surface area contributed by atoms with E-state index in [0.29, 0.717) is 12.3 Å². The number of ether oxygens (including phenoxy) is 1. The van der Waals surface area contributed by atoms with Crippen LogP contribution in [-0.2, 0) is 20.2 Å². The van der Waals surface area contributed by atoms with Gasteiger partial charge in [-0.1, -0.05) is 12.2 Å². The molecule has 1 aliphatic carbocycles. The van der Waals surface area contributed by atoms with E-state index in [1.54, 1.807) is 0 Å². The van der Waals surface area contributed by atoms with Gasteiger partial charge >= 0.3 is 0 Å². The first-order valence-corrected chi connectivity index (χ1v) is 12.6. The van der Waals surface area contributed by atoms with Crippen molar-refractivity contribution < 1.29 is 13.2 Å². The van der Waals surface area contributed by atoms with Crippen LogP contribution in [0.25, 0.3) is 0 Å². The van der Waals surface area contributed by atoms with Crippen molar-refractivity contribution in [3.8, 4) is 0 Å². The summed E-state index contributed by atoms with van der Waals surface area (Å²) in [6.07, 6.45) is 12.8. The number of hydrogen-bond donors (Lipinski definition) is 3. The minimum Gasteiger partial charge on any atom is -0.378 e. The molecule has 2 aliphatic heterocycles. The van der Waals surface area contributed by atoms with Crippen LogP contribution in [0.3, 0.4) is 0 Å². The molecule has 1 unspecified atom stereocenters. The number of H-pyrrole nitrogens is 1. The Bertz CT molecular complexity index is 882. The Morgan fingerprint density at radius 1 is 1.27 bits per heavy atom. The smallest absolute Gasteiger partial charge is 0.209 e. The van der Waals surface area contributed by atoms with E-state index in [-0.39, 0.29) is 11.2 Å². The van der Waals surface area contributed by atoms with E-state index in [0.717, 1.165) is 70.8 Å². The van der Waals surface area contributed by atoms with E-state index in [4.69, 9.17) is 9.88 Å². The van der Waals surface area contributed by atoms with Crippen molar-refractivity contribution in [2.75, 3.05) is 45.1 Å². The van der Waals surface area contributed by atoms with Crippen LogP contribution in [0.15, 0.2) is 30.1 Å². The monoisotopic (exact) mass is 435 g/mol. The summed E-state index contributed by atoms with van der Waals surface area (Å²) in [5.41, 5.74) is 3.35. The summed E-state index contributed by atoms with van der Waals surface area (Å²) in [5, 5.41) is 16.5. The van der Waals surface area contributed by atoms with Crippen molar-refractivity contribution >= 4 is 10.0 Å². The van der Waals surface area contributed by atoms with Gasteiger partial charge in [-0.3, -0.25) is 5.10 Å². The first-order chi connectivity index (χ1) is 14.5. The SMILES string of the molecule is NS(=O)(=O)CCCC1(c2c[nH]nc2C2CCNCC2)C=CC=C(N2CCOCC2)C1. The first-order valence-electron chi connectivity index (χ1n) is 10.9. The lowest BCUT2D eigenvalue weighted by molar-refractivity contribution is 0.0505. The van der Waals surface area contributed by atoms with Crippen LogP contribution in [0, 0.1) is 0 Å². The van der Waals surface area contributed by atoms with Crippen molar-refractivity contribution in [3.63, 3.8) is 0 Å². The van der Waals surface area contributed by atoms with Gasteiger partial charge in [-0.25, -0.2) is 13.6 Å². The number of sulfonamides is 1. The zero-order valence-electron chi connectivity index (χ0n) is 17.5. The molecule has 0 bridgehead atoms. The molecule has 0 saturated carbocycles. The first kappa shape index (κ1) is 21.5. The molecule has 9 heteroatoms. The second-order valence-electron chi connectivity index (χ2n) is 8.63. The van der Waals surface area contributed by atoms with Gasteiger partial charge in [0, 0.05) is 48.3 Å². The fourth-order valence-electron chi connectivity index (χ4n) is 5.04. The average molecular weight is 436 g/mol. The van der Waals surface area contributed by atoms with Gasteiger partial charge in [-0.2, -0.15) is 5.10 Å². The largest absolute Gasteiger partial charge is 0.378 e. The summed E-state index contributed by atoms with van der Waals surface area (Å²) in [6, 6.07) is 0. The second-order valence-corrected chi connectivity index (χ2v) is 10.4. The molecule has 166 valence electrons. The van der Waals surface area contributed by atoms with Crippen molar-refractivity contribution in [2.45, 2.75) is 43.4 Å². The maximum atomic E-state index is 11.6. The lowest BCUT2D eigenvalue weighted by Gasteiger charge is -2.40. The van der Waals surface area contributed by atoms with Gasteiger partial charge < -0.3 is 15.0 Å². The highest BCUT2D eigenvalue weighted by Gasteiger charge is 2.38. The summed E-state index contributed by atoms with van der Waals surface area (Å²) in [6.45, 7) is 5.27. The van der Waals surface area contributed by atoms with Crippen LogP contribution in [0.5, 0.6) is 0 Å². The van der Waals surface area contributed by atoms with E-state index in [1.807, 2.05) is 6.20 Å². The molecule has 3 heterocycles. The number of morpholine rings is 1. The van der Waals surface area contributed by atoms with Crippen LogP contribution in [0.4, 0.5) is 0 Å². The fourth-order valence-corrected chi connectivity index (χ4v) is 5.58. The van der Waals surface area contributed by atoms with Crippen molar-refractivity contribution in [1.82, 2.24) is 20.4 Å². The summed E-state index contributed by atoms with van der Waals surface area (Å²) >= 11 is 0. The number of allylic oxidation sites excluding steroid dienone is 4. The Morgan fingerprint density at radius 2 is 2.03 bits per heavy atom. The van der Waals surface area contributed by atoms with Gasteiger partial charge in [0.05, 0.1) is 24.7 Å². The van der Waals surface area contributed by atoms with Crippen LogP contribution in [0.1, 0.15) is 49.3 Å². The van der Waals surface area contributed by atoms with E-state index < -0.39 is 10.0 Å². The van der Waals surface area contributed by atoms with Crippen LogP contribution in [0.2, 0.25) is 0 Å². The van der Waals surface area contributed by atoms with E-state index in [1.165, 1.54) is 11.3 Å². The molecule has 0 aromatic carbocycles. The highest BCUT2D eigenvalue weighted by Crippen LogP contribution is 2.44. The molecule has 30 heavy (non-hydrogen) atoms. The predicted molar refractivity (Wildman–Crippen MR) is 117 cm³/mol. The maximum absolute atomic E-state index is 11.6. The molecule has 3 aliphatic rings. The third-order valence-electron chi connectivity index (χ3n) is 6.60. The summed E-state index contributed by atoms with van der Waals surface area (Å²) in [7, 11) is -3.48. The van der Waals surface area contributed by atoms with E-state index in [9.17, 15) is 8.42 Å². The number of aromatic nitrogens is 2. The summed E-state index contributed by atoms with van der Waals surface area (Å²) < 4.78 is 28.7. The molecule has 0 amide bonds. The van der Waals surface area contributed by atoms with Crippen molar-refractivity contribution in [2.24, 2.45) is 5.14 Å². The zero-order chi connectivity index (χ0) is 21.0. The molecule has 1 aromatic heterocycles. The molecular weight excluding hydrogens is 402 g/mol. The number of aromatic amines is 1. The van der Waals surface area contributed by atoms with E-state index >= 15 is 0 Å². The average Bonchev–Trinajstić information content (AvgIpc) is 3.25. The second kappa shape index (κ2) is 9.21. The lowest BCUT2D eigenvalue weighted by atomic mass is 9.69. The summed E-state index contributed by atoms with van der Waals surface area (Å²) in [5.74, 6) is 0.425. The van der Waals surface area contributed by atoms with E-state index in [2.05, 4.69) is 38.6 Å². The van der Waals surface area contributed by atoms with Gasteiger partial charge in [0.15, 0.2) is 0 Å². The van der Waals surface area contributed by atoms with Gasteiger partial charge in [-0.15, -0.1) is 0 Å². The molecule has 2 fully saturated rings. The minimum atomic E-state index is -3.48. The van der Waals surface area contributed by atoms with Crippen molar-refractivity contribution in [1.29, 1.82) is 0 Å². The molecule has 4 rings (SSSR count). The number of hydrogen-bond acceptors (Lipinski definition) is 6. The number of nitrogens with zero attached hydrogens (tertiary/aromatic N) is 2.